The molecule has 3 rings (SSSR count). The normalized spacial score (nSPS) is 24.3. The molecule has 1 N–H and O–H groups in total. The number of nitrogens with zero attached hydrogens (tertiary/aromatic N) is 1. The Hall–Kier alpha value is -1.69. The van der Waals surface area contributed by atoms with Crippen LogP contribution >= 0.6 is 11.3 Å². The van der Waals surface area contributed by atoms with Gasteiger partial charge in [-0.05, 0) is 41.1 Å². The van der Waals surface area contributed by atoms with E-state index in [0.29, 0.717) is 0 Å². The van der Waals surface area contributed by atoms with Gasteiger partial charge in [0.05, 0.1) is 6.54 Å². The van der Waals surface area contributed by atoms with E-state index in [1.165, 1.54) is 16.2 Å². The number of carbonyl (C=O) groups is 3. The molecule has 1 aliphatic carbocycles. The summed E-state index contributed by atoms with van der Waals surface area (Å²) in [5.41, 5.74) is 0.915. The third-order valence-electron chi connectivity index (χ3n) is 4.08. The van der Waals surface area contributed by atoms with E-state index < -0.39 is 17.9 Å². The van der Waals surface area contributed by atoms with E-state index in [9.17, 15) is 14.4 Å². The summed E-state index contributed by atoms with van der Waals surface area (Å²) in [6.45, 7) is 0.241. The van der Waals surface area contributed by atoms with E-state index in [-0.39, 0.29) is 18.4 Å². The maximum atomic E-state index is 12.5. The van der Waals surface area contributed by atoms with Gasteiger partial charge in [0.2, 0.25) is 11.8 Å². The first-order valence-corrected chi connectivity index (χ1v) is 7.78. The van der Waals surface area contributed by atoms with Gasteiger partial charge in [-0.25, -0.2) is 4.79 Å². The molecule has 20 heavy (non-hydrogen) atoms. The summed E-state index contributed by atoms with van der Waals surface area (Å²) >= 11 is 1.52. The van der Waals surface area contributed by atoms with E-state index in [0.717, 1.165) is 31.2 Å². The number of thiophene rings is 1. The number of urea groups is 1. The topological polar surface area (TPSA) is 66.5 Å². The van der Waals surface area contributed by atoms with Crippen LogP contribution in [0, 0.1) is 11.8 Å². The molecule has 4 amide bonds. The minimum absolute atomic E-state index is 0.0839. The van der Waals surface area contributed by atoms with E-state index in [1.54, 1.807) is 0 Å². The highest BCUT2D eigenvalue weighted by Crippen LogP contribution is 2.34. The second-order valence-electron chi connectivity index (χ2n) is 5.37. The van der Waals surface area contributed by atoms with Crippen LogP contribution in [0.4, 0.5) is 4.79 Å². The van der Waals surface area contributed by atoms with Crippen molar-refractivity contribution in [2.75, 3.05) is 0 Å². The number of carbonyl (C=O) groups excluding carboxylic acids is 3. The standard InChI is InChI=1S/C14H16N2O3S/c17-12-11(10-3-1-2-4-10)13(18)16(14(19)15-12)7-9-5-6-20-8-9/h5-6,8,10-11H,1-4,7H2,(H,15,17,19). The summed E-state index contributed by atoms with van der Waals surface area (Å²) in [5, 5.41) is 6.14. The molecule has 106 valence electrons. The lowest BCUT2D eigenvalue weighted by Gasteiger charge is -2.32. The predicted octanol–water partition coefficient (Wildman–Crippen LogP) is 2.13. The lowest BCUT2D eigenvalue weighted by molar-refractivity contribution is -0.145. The smallest absolute Gasteiger partial charge is 0.277 e. The van der Waals surface area contributed by atoms with Gasteiger partial charge in [0.25, 0.3) is 0 Å². The minimum atomic E-state index is -0.686. The molecule has 0 spiro atoms. The molecule has 1 aliphatic heterocycles. The molecule has 1 saturated heterocycles. The van der Waals surface area contributed by atoms with Gasteiger partial charge in [0, 0.05) is 0 Å². The van der Waals surface area contributed by atoms with E-state index in [2.05, 4.69) is 5.32 Å². The highest BCUT2D eigenvalue weighted by molar-refractivity contribution is 7.07. The van der Waals surface area contributed by atoms with Crippen molar-refractivity contribution in [1.29, 1.82) is 0 Å². The summed E-state index contributed by atoms with van der Waals surface area (Å²) in [6, 6.07) is 1.28. The van der Waals surface area contributed by atoms with Crippen molar-refractivity contribution in [2.24, 2.45) is 11.8 Å². The Balaban J connectivity index is 1.80. The molecule has 0 radical (unpaired) electrons. The van der Waals surface area contributed by atoms with E-state index >= 15 is 0 Å². The first-order valence-electron chi connectivity index (χ1n) is 6.84. The molecule has 0 aromatic carbocycles. The monoisotopic (exact) mass is 292 g/mol. The molecule has 2 fully saturated rings. The highest BCUT2D eigenvalue weighted by atomic mass is 32.1. The van der Waals surface area contributed by atoms with Crippen LogP contribution in [-0.4, -0.2) is 22.7 Å². The summed E-state index contributed by atoms with van der Waals surface area (Å²) < 4.78 is 0. The molecule has 5 nitrogen and oxygen atoms in total. The zero-order chi connectivity index (χ0) is 14.1. The van der Waals surface area contributed by atoms with Gasteiger partial charge >= 0.3 is 6.03 Å². The SMILES string of the molecule is O=C1NC(=O)N(Cc2ccsc2)C(=O)C1C1CCCC1. The van der Waals surface area contributed by atoms with E-state index in [4.69, 9.17) is 0 Å². The summed E-state index contributed by atoms with van der Waals surface area (Å²) in [6.07, 6.45) is 3.90. The number of imide groups is 2. The average molecular weight is 292 g/mol. The van der Waals surface area contributed by atoms with Crippen LogP contribution < -0.4 is 5.32 Å². The Morgan fingerprint density at radius 1 is 1.25 bits per heavy atom. The molecule has 1 aromatic heterocycles. The van der Waals surface area contributed by atoms with Crippen LogP contribution in [0.25, 0.3) is 0 Å². The van der Waals surface area contributed by atoms with Gasteiger partial charge in [-0.15, -0.1) is 0 Å². The number of rotatable bonds is 3. The molecular formula is C14H16N2O3S. The second-order valence-corrected chi connectivity index (χ2v) is 6.15. The van der Waals surface area contributed by atoms with Crippen molar-refractivity contribution in [1.82, 2.24) is 10.2 Å². The maximum absolute atomic E-state index is 12.5. The van der Waals surface area contributed by atoms with Gasteiger partial charge in [0.15, 0.2) is 0 Å². The largest absolute Gasteiger partial charge is 0.331 e. The fourth-order valence-corrected chi connectivity index (χ4v) is 3.71. The molecule has 6 heteroatoms. The molecule has 1 atom stereocenters. The maximum Gasteiger partial charge on any atom is 0.331 e. The second kappa shape index (κ2) is 5.36. The first kappa shape index (κ1) is 13.3. The molecular weight excluding hydrogens is 276 g/mol. The number of hydrogen-bond acceptors (Lipinski definition) is 4. The lowest BCUT2D eigenvalue weighted by Crippen LogP contribution is -2.58. The fraction of sp³-hybridized carbons (Fsp3) is 0.500. The molecule has 1 unspecified atom stereocenters. The predicted molar refractivity (Wildman–Crippen MR) is 73.9 cm³/mol. The Kier molecular flexibility index (Phi) is 3.56. The Bertz CT molecular complexity index is 535. The Morgan fingerprint density at radius 3 is 2.65 bits per heavy atom. The van der Waals surface area contributed by atoms with Crippen molar-refractivity contribution in [2.45, 2.75) is 32.2 Å². The van der Waals surface area contributed by atoms with Crippen LogP contribution in [0.3, 0.4) is 0 Å². The number of amides is 4. The summed E-state index contributed by atoms with van der Waals surface area (Å²) in [5.74, 6) is -1.36. The van der Waals surface area contributed by atoms with Gasteiger partial charge in [0.1, 0.15) is 5.92 Å². The minimum Gasteiger partial charge on any atom is -0.277 e. The molecule has 1 aromatic rings. The van der Waals surface area contributed by atoms with Gasteiger partial charge in [-0.1, -0.05) is 12.8 Å². The van der Waals surface area contributed by atoms with Crippen LogP contribution in [-0.2, 0) is 16.1 Å². The van der Waals surface area contributed by atoms with Crippen molar-refractivity contribution in [3.63, 3.8) is 0 Å². The third-order valence-corrected chi connectivity index (χ3v) is 4.81. The Labute approximate surface area is 121 Å². The Morgan fingerprint density at radius 2 is 2.00 bits per heavy atom. The fourth-order valence-electron chi connectivity index (χ4n) is 3.05. The summed E-state index contributed by atoms with van der Waals surface area (Å²) in [7, 11) is 0. The molecule has 2 heterocycles. The highest BCUT2D eigenvalue weighted by Gasteiger charge is 2.45. The van der Waals surface area contributed by atoms with Crippen molar-refractivity contribution >= 4 is 29.2 Å². The lowest BCUT2D eigenvalue weighted by atomic mass is 9.87. The van der Waals surface area contributed by atoms with Crippen LogP contribution in [0.15, 0.2) is 16.8 Å². The molecule has 0 bridgehead atoms. The van der Waals surface area contributed by atoms with Crippen LogP contribution in [0.1, 0.15) is 31.2 Å². The average Bonchev–Trinajstić information content (AvgIpc) is 3.07. The summed E-state index contributed by atoms with van der Waals surface area (Å²) in [4.78, 5) is 37.5. The van der Waals surface area contributed by atoms with Gasteiger partial charge in [-0.2, -0.15) is 11.3 Å². The van der Waals surface area contributed by atoms with Crippen molar-refractivity contribution < 1.29 is 14.4 Å². The number of nitrogens with one attached hydrogen (secondary N) is 1. The quantitative estimate of drug-likeness (QED) is 0.868. The number of barbiturate groups is 1. The van der Waals surface area contributed by atoms with Crippen molar-refractivity contribution in [3.05, 3.63) is 22.4 Å². The van der Waals surface area contributed by atoms with E-state index in [1.807, 2.05) is 16.8 Å². The zero-order valence-electron chi connectivity index (χ0n) is 11.0. The molecule has 2 aliphatic rings. The van der Waals surface area contributed by atoms with Gasteiger partial charge in [-0.3, -0.25) is 19.8 Å². The van der Waals surface area contributed by atoms with Crippen LogP contribution in [0.5, 0.6) is 0 Å². The van der Waals surface area contributed by atoms with Gasteiger partial charge < -0.3 is 0 Å². The third kappa shape index (κ3) is 2.35. The molecule has 1 saturated carbocycles. The van der Waals surface area contributed by atoms with Crippen LogP contribution in [0.2, 0.25) is 0 Å². The first-order chi connectivity index (χ1) is 9.66. The van der Waals surface area contributed by atoms with Crippen molar-refractivity contribution in [3.8, 4) is 0 Å². The number of hydrogen-bond donors (Lipinski definition) is 1. The zero-order valence-corrected chi connectivity index (χ0v) is 11.8.